The number of nitrogens with zero attached hydrogens (tertiary/aromatic N) is 1. The van der Waals surface area contributed by atoms with Crippen LogP contribution in [0.5, 0.6) is 11.5 Å². The van der Waals surface area contributed by atoms with E-state index in [-0.39, 0.29) is 23.8 Å². The van der Waals surface area contributed by atoms with Crippen LogP contribution in [0.4, 0.5) is 11.4 Å². The van der Waals surface area contributed by atoms with Crippen LogP contribution in [-0.2, 0) is 11.3 Å². The molecule has 1 amide bonds. The number of anilines is 1. The Kier molecular flexibility index (Phi) is 6.10. The number of hydrogen-bond donors (Lipinski definition) is 2. The smallest absolute Gasteiger partial charge is 0.296 e. The highest BCUT2D eigenvalue weighted by molar-refractivity contribution is 5.93. The molecule has 0 bridgehead atoms. The van der Waals surface area contributed by atoms with Crippen LogP contribution in [0.2, 0.25) is 0 Å². The molecule has 1 unspecified atom stereocenters. The monoisotopic (exact) mass is 386 g/mol. The predicted octanol–water partition coefficient (Wildman–Crippen LogP) is 1.80. The lowest BCUT2D eigenvalue weighted by atomic mass is 10.2. The Hall–Kier alpha value is -3.13. The van der Waals surface area contributed by atoms with Gasteiger partial charge in [-0.15, -0.1) is 0 Å². The van der Waals surface area contributed by atoms with Crippen LogP contribution < -0.4 is 19.7 Å². The van der Waals surface area contributed by atoms with Gasteiger partial charge in [0.2, 0.25) is 0 Å². The number of carbonyl (C=O) groups excluding carboxylic acids is 1. The minimum atomic E-state index is -0.527. The summed E-state index contributed by atoms with van der Waals surface area (Å²) in [6, 6.07) is 12.6. The normalized spacial score (nSPS) is 14.2. The van der Waals surface area contributed by atoms with Gasteiger partial charge < -0.3 is 19.7 Å². The summed E-state index contributed by atoms with van der Waals surface area (Å²) in [6.07, 6.45) is 2.17. The number of quaternary nitrogens is 1. The van der Waals surface area contributed by atoms with Gasteiger partial charge in [-0.3, -0.25) is 14.9 Å². The molecule has 28 heavy (non-hydrogen) atoms. The van der Waals surface area contributed by atoms with E-state index < -0.39 is 4.92 Å². The van der Waals surface area contributed by atoms with Gasteiger partial charge in [0.05, 0.1) is 31.3 Å². The quantitative estimate of drug-likeness (QED) is 0.506. The van der Waals surface area contributed by atoms with Gasteiger partial charge in [-0.2, -0.15) is 0 Å². The number of benzene rings is 2. The summed E-state index contributed by atoms with van der Waals surface area (Å²) in [6.45, 7) is 0.965. The van der Waals surface area contributed by atoms with Crippen molar-refractivity contribution in [2.45, 2.75) is 25.4 Å². The van der Waals surface area contributed by atoms with E-state index in [1.807, 2.05) is 24.3 Å². The molecule has 148 valence electrons. The molecule has 0 radical (unpaired) electrons. The van der Waals surface area contributed by atoms with Crippen LogP contribution >= 0.6 is 0 Å². The number of hydrogen-bond acceptors (Lipinski definition) is 5. The van der Waals surface area contributed by atoms with Crippen molar-refractivity contribution in [3.63, 3.8) is 0 Å². The van der Waals surface area contributed by atoms with Gasteiger partial charge in [0.1, 0.15) is 23.7 Å². The molecule has 0 saturated heterocycles. The molecule has 0 aliphatic heterocycles. The average Bonchev–Trinajstić information content (AvgIpc) is 3.53. The summed E-state index contributed by atoms with van der Waals surface area (Å²) in [4.78, 5) is 24.5. The van der Waals surface area contributed by atoms with E-state index in [2.05, 4.69) is 5.32 Å². The van der Waals surface area contributed by atoms with Crippen LogP contribution in [0, 0.1) is 10.1 Å². The van der Waals surface area contributed by atoms with Crippen molar-refractivity contribution in [2.75, 3.05) is 26.1 Å². The molecule has 2 N–H and O–H groups in total. The van der Waals surface area contributed by atoms with Crippen molar-refractivity contribution >= 4 is 17.3 Å². The molecule has 1 aliphatic rings. The van der Waals surface area contributed by atoms with Crippen LogP contribution in [-0.4, -0.2) is 37.6 Å². The minimum Gasteiger partial charge on any atom is -0.497 e. The molecular formula is C20H24N3O5+. The lowest BCUT2D eigenvalue weighted by molar-refractivity contribution is -0.916. The third kappa shape index (κ3) is 4.98. The first-order valence-electron chi connectivity index (χ1n) is 9.10. The summed E-state index contributed by atoms with van der Waals surface area (Å²) in [5, 5.41) is 14.0. The van der Waals surface area contributed by atoms with Gasteiger partial charge in [-0.1, -0.05) is 0 Å². The summed E-state index contributed by atoms with van der Waals surface area (Å²) in [7, 11) is 3.06. The predicted molar refractivity (Wildman–Crippen MR) is 104 cm³/mol. The number of nitro groups is 1. The highest BCUT2D eigenvalue weighted by Crippen LogP contribution is 2.28. The SMILES string of the molecule is COc1ccc(C[NH+](CC(=O)Nc2ccc(OC)cc2[N+](=O)[O-])C2CC2)cc1. The molecule has 8 heteroatoms. The second kappa shape index (κ2) is 8.71. The lowest BCUT2D eigenvalue weighted by Gasteiger charge is -2.19. The maximum Gasteiger partial charge on any atom is 0.296 e. The molecule has 8 nitrogen and oxygen atoms in total. The van der Waals surface area contributed by atoms with Gasteiger partial charge >= 0.3 is 0 Å². The maximum atomic E-state index is 12.6. The molecule has 3 rings (SSSR count). The van der Waals surface area contributed by atoms with E-state index in [1.54, 1.807) is 13.2 Å². The molecular weight excluding hydrogens is 362 g/mol. The first kappa shape index (κ1) is 19.6. The first-order valence-corrected chi connectivity index (χ1v) is 9.10. The number of methoxy groups -OCH3 is 2. The molecule has 1 saturated carbocycles. The fourth-order valence-electron chi connectivity index (χ4n) is 3.14. The Morgan fingerprint density at radius 1 is 1.14 bits per heavy atom. The van der Waals surface area contributed by atoms with Gasteiger partial charge in [-0.05, 0) is 36.4 Å². The van der Waals surface area contributed by atoms with Crippen LogP contribution in [0.3, 0.4) is 0 Å². The number of amides is 1. The molecule has 2 aromatic rings. The number of rotatable bonds is 9. The summed E-state index contributed by atoms with van der Waals surface area (Å²) in [5.41, 5.74) is 1.11. The second-order valence-electron chi connectivity index (χ2n) is 6.82. The molecule has 0 aromatic heterocycles. The highest BCUT2D eigenvalue weighted by atomic mass is 16.6. The van der Waals surface area contributed by atoms with Crippen LogP contribution in [0.15, 0.2) is 42.5 Å². The molecule has 2 aromatic carbocycles. The van der Waals surface area contributed by atoms with E-state index in [1.165, 1.54) is 19.2 Å². The van der Waals surface area contributed by atoms with E-state index in [4.69, 9.17) is 9.47 Å². The third-order valence-electron chi connectivity index (χ3n) is 4.81. The van der Waals surface area contributed by atoms with Gasteiger partial charge in [0.15, 0.2) is 6.54 Å². The Morgan fingerprint density at radius 2 is 1.79 bits per heavy atom. The number of carbonyl (C=O) groups is 1. The molecule has 1 atom stereocenters. The molecule has 1 aliphatic carbocycles. The zero-order valence-corrected chi connectivity index (χ0v) is 15.9. The zero-order valence-electron chi connectivity index (χ0n) is 15.9. The second-order valence-corrected chi connectivity index (χ2v) is 6.82. The first-order chi connectivity index (χ1) is 13.5. The number of ether oxygens (including phenoxy) is 2. The number of nitro benzene ring substituents is 1. The molecule has 0 spiro atoms. The minimum absolute atomic E-state index is 0.176. The van der Waals surface area contributed by atoms with Crippen molar-refractivity contribution in [3.05, 3.63) is 58.1 Å². The Bertz CT molecular complexity index is 849. The summed E-state index contributed by atoms with van der Waals surface area (Å²) >= 11 is 0. The standard InChI is InChI=1S/C20H23N3O5/c1-27-16-7-3-14(4-8-16)12-22(15-5-6-15)13-20(24)21-18-10-9-17(28-2)11-19(18)23(25)26/h3-4,7-11,15H,5-6,12-13H2,1-2H3,(H,21,24)/p+1. The fourth-order valence-corrected chi connectivity index (χ4v) is 3.14. The third-order valence-corrected chi connectivity index (χ3v) is 4.81. The van der Waals surface area contributed by atoms with Crippen LogP contribution in [0.25, 0.3) is 0 Å². The van der Waals surface area contributed by atoms with Crippen LogP contribution in [0.1, 0.15) is 18.4 Å². The van der Waals surface area contributed by atoms with E-state index in [0.717, 1.165) is 29.1 Å². The van der Waals surface area contributed by atoms with Gasteiger partial charge in [0, 0.05) is 18.4 Å². The number of nitrogens with one attached hydrogen (secondary N) is 2. The Morgan fingerprint density at radius 3 is 2.36 bits per heavy atom. The zero-order chi connectivity index (χ0) is 20.1. The van der Waals surface area contributed by atoms with Crippen molar-refractivity contribution < 1.29 is 24.1 Å². The van der Waals surface area contributed by atoms with Crippen molar-refractivity contribution in [1.82, 2.24) is 0 Å². The molecule has 0 heterocycles. The van der Waals surface area contributed by atoms with Gasteiger partial charge in [0.25, 0.3) is 11.6 Å². The largest absolute Gasteiger partial charge is 0.497 e. The summed E-state index contributed by atoms with van der Waals surface area (Å²) < 4.78 is 10.2. The fraction of sp³-hybridized carbons (Fsp3) is 0.350. The molecule has 1 fully saturated rings. The Labute approximate surface area is 163 Å². The topological polar surface area (TPSA) is 95.1 Å². The Balaban J connectivity index is 1.67. The van der Waals surface area contributed by atoms with Crippen molar-refractivity contribution in [3.8, 4) is 11.5 Å². The maximum absolute atomic E-state index is 12.6. The lowest BCUT2D eigenvalue weighted by Crippen LogP contribution is -3.13. The van der Waals surface area contributed by atoms with Crippen molar-refractivity contribution in [2.24, 2.45) is 0 Å². The van der Waals surface area contributed by atoms with E-state index in [9.17, 15) is 14.9 Å². The average molecular weight is 386 g/mol. The van der Waals surface area contributed by atoms with E-state index >= 15 is 0 Å². The van der Waals surface area contributed by atoms with E-state index in [0.29, 0.717) is 18.3 Å². The van der Waals surface area contributed by atoms with Crippen molar-refractivity contribution in [1.29, 1.82) is 0 Å². The highest BCUT2D eigenvalue weighted by Gasteiger charge is 2.35. The van der Waals surface area contributed by atoms with Gasteiger partial charge in [-0.25, -0.2) is 0 Å². The summed E-state index contributed by atoms with van der Waals surface area (Å²) in [5.74, 6) is 0.916.